The molecule has 2 aliphatic heterocycles. The van der Waals surface area contributed by atoms with E-state index in [1.165, 1.54) is 33.8 Å². The highest BCUT2D eigenvalue weighted by Gasteiger charge is 2.80. The van der Waals surface area contributed by atoms with Gasteiger partial charge in [-0.25, -0.2) is 19.2 Å². The molecule has 0 amide bonds. The molecule has 55 heavy (non-hydrogen) atoms. The van der Waals surface area contributed by atoms with Gasteiger partial charge < -0.3 is 43.4 Å². The molecule has 3 fully saturated rings. The molecular weight excluding hydrogens is 728 g/mol. The molecule has 0 aromatic carbocycles. The van der Waals surface area contributed by atoms with Crippen molar-refractivity contribution < 1.29 is 81.7 Å². The molecule has 1 saturated heterocycles. The molecule has 2 bridgehead atoms. The highest BCUT2D eigenvalue weighted by atomic mass is 16.6. The Morgan fingerprint density at radius 1 is 0.927 bits per heavy atom. The van der Waals surface area contributed by atoms with E-state index in [0.717, 1.165) is 34.0 Å². The number of esters is 7. The molecule has 0 aromatic heterocycles. The third kappa shape index (κ3) is 6.15. The monoisotopic (exact) mass is 774 g/mol. The third-order valence-electron chi connectivity index (χ3n) is 12.0. The molecule has 0 radical (unpaired) electrons. The van der Waals surface area contributed by atoms with Crippen molar-refractivity contribution in [1.29, 1.82) is 0 Å². The maximum Gasteiger partial charge on any atom is 0.352 e. The van der Waals surface area contributed by atoms with Crippen LogP contribution in [-0.2, 0) is 71.5 Å². The van der Waals surface area contributed by atoms with Crippen molar-refractivity contribution in [3.8, 4) is 0 Å². The maximum atomic E-state index is 15.4. The van der Waals surface area contributed by atoms with Gasteiger partial charge in [-0.2, -0.15) is 0 Å². The van der Waals surface area contributed by atoms with Crippen LogP contribution in [0.3, 0.4) is 0 Å². The number of rotatable bonds is 8. The molecular formula is C38H46O17. The third-order valence-corrected chi connectivity index (χ3v) is 12.0. The van der Waals surface area contributed by atoms with E-state index in [0.29, 0.717) is 0 Å². The zero-order valence-electron chi connectivity index (χ0n) is 32.2. The van der Waals surface area contributed by atoms with Crippen LogP contribution in [0.1, 0.15) is 75.2 Å². The Hall–Kier alpha value is -4.90. The highest BCUT2D eigenvalue weighted by molar-refractivity contribution is 6.01. The average molecular weight is 775 g/mol. The molecule has 11 unspecified atom stereocenters. The van der Waals surface area contributed by atoms with Gasteiger partial charge in [0.25, 0.3) is 0 Å². The smallest absolute Gasteiger partial charge is 0.352 e. The molecule has 17 nitrogen and oxygen atoms in total. The minimum absolute atomic E-state index is 0.0382. The first kappa shape index (κ1) is 41.3. The van der Waals surface area contributed by atoms with Crippen LogP contribution in [0.4, 0.5) is 0 Å². The fraction of sp³-hybridized carbons (Fsp3) is 0.632. The van der Waals surface area contributed by atoms with Crippen LogP contribution in [0.25, 0.3) is 0 Å². The van der Waals surface area contributed by atoms with Gasteiger partial charge in [-0.3, -0.25) is 19.2 Å². The summed E-state index contributed by atoms with van der Waals surface area (Å²) in [5, 5.41) is 23.4. The lowest BCUT2D eigenvalue weighted by Crippen LogP contribution is -2.81. The summed E-state index contributed by atoms with van der Waals surface area (Å²) < 4.78 is 38.8. The summed E-state index contributed by atoms with van der Waals surface area (Å²) >= 11 is 0. The molecule has 0 aromatic rings. The van der Waals surface area contributed by atoms with Crippen molar-refractivity contribution in [3.63, 3.8) is 0 Å². The standard InChI is InChI=1S/C38H46O17/c1-11-15(2)29(43)55-34-35(6,7)26(25(31(45)49-10)51-17(4)40)37(9)20-12-13-36(8)23(22(20)28(52-18(5)41)38(34,48)33(37)47)24(50-16(3)39)32(46)54-27(36)19-14-21(42)53-30(19)44/h11,14,20-21,24-28,34,42,48H,12-13H2,1-10H3. The van der Waals surface area contributed by atoms with E-state index in [2.05, 4.69) is 0 Å². The number of aliphatic hydroxyl groups is 2. The lowest BCUT2D eigenvalue weighted by Gasteiger charge is -2.67. The summed E-state index contributed by atoms with van der Waals surface area (Å²) in [4.78, 5) is 108. The van der Waals surface area contributed by atoms with E-state index >= 15 is 4.79 Å². The number of Topliss-reactive ketones (excluding diaryl/α,β-unsaturated/α-hetero) is 1. The molecule has 2 N–H and O–H groups in total. The van der Waals surface area contributed by atoms with Crippen molar-refractivity contribution in [3.05, 3.63) is 34.4 Å². The summed E-state index contributed by atoms with van der Waals surface area (Å²) in [5.41, 5.74) is -8.64. The van der Waals surface area contributed by atoms with Crippen LogP contribution >= 0.6 is 0 Å². The van der Waals surface area contributed by atoms with E-state index in [1.54, 1.807) is 13.8 Å². The van der Waals surface area contributed by atoms with Crippen LogP contribution < -0.4 is 0 Å². The van der Waals surface area contributed by atoms with Crippen molar-refractivity contribution >= 4 is 47.6 Å². The summed E-state index contributed by atoms with van der Waals surface area (Å²) in [6.45, 7) is 12.0. The molecule has 17 heteroatoms. The normalized spacial score (nSPS) is 36.9. The fourth-order valence-corrected chi connectivity index (χ4v) is 9.85. The minimum Gasteiger partial charge on any atom is -0.466 e. The first-order valence-electron chi connectivity index (χ1n) is 17.7. The number of carbonyl (C=O) groups excluding carboxylic acids is 8. The van der Waals surface area contributed by atoms with Crippen molar-refractivity contribution in [2.45, 2.75) is 118 Å². The number of ketones is 1. The van der Waals surface area contributed by atoms with E-state index in [1.807, 2.05) is 0 Å². The van der Waals surface area contributed by atoms with Gasteiger partial charge in [0.15, 0.2) is 11.9 Å². The van der Waals surface area contributed by atoms with Crippen molar-refractivity contribution in [2.24, 2.45) is 28.1 Å². The predicted octanol–water partition coefficient (Wildman–Crippen LogP) is 1.25. The Morgan fingerprint density at radius 2 is 1.55 bits per heavy atom. The number of fused-ring (bicyclic) bond motifs is 5. The summed E-state index contributed by atoms with van der Waals surface area (Å²) in [6.07, 6.45) is -8.58. The Kier molecular flexibility index (Phi) is 10.5. The predicted molar refractivity (Wildman–Crippen MR) is 181 cm³/mol. The Bertz CT molecular complexity index is 1850. The van der Waals surface area contributed by atoms with Crippen LogP contribution in [-0.4, -0.2) is 107 Å². The van der Waals surface area contributed by atoms with Gasteiger partial charge in [-0.1, -0.05) is 33.8 Å². The van der Waals surface area contributed by atoms with Gasteiger partial charge in [0.05, 0.1) is 12.7 Å². The topological polar surface area (TPSA) is 242 Å². The van der Waals surface area contributed by atoms with Crippen LogP contribution in [0, 0.1) is 28.1 Å². The van der Waals surface area contributed by atoms with Gasteiger partial charge in [-0.15, -0.1) is 0 Å². The van der Waals surface area contributed by atoms with E-state index < -0.39 is 118 Å². The lowest BCUT2D eigenvalue weighted by atomic mass is 9.38. The van der Waals surface area contributed by atoms with E-state index in [9.17, 15) is 43.8 Å². The first-order valence-corrected chi connectivity index (χ1v) is 17.7. The molecule has 5 aliphatic rings. The van der Waals surface area contributed by atoms with Gasteiger partial charge in [0.1, 0.15) is 12.2 Å². The number of ether oxygens (including phenoxy) is 7. The first-order chi connectivity index (χ1) is 25.4. The number of hydrogen-bond donors (Lipinski definition) is 2. The summed E-state index contributed by atoms with van der Waals surface area (Å²) in [7, 11) is 1.04. The number of aliphatic hydroxyl groups excluding tert-OH is 1. The minimum atomic E-state index is -2.99. The Labute approximate surface area is 316 Å². The van der Waals surface area contributed by atoms with Gasteiger partial charge >= 0.3 is 41.8 Å². The quantitative estimate of drug-likeness (QED) is 0.153. The Morgan fingerprint density at radius 3 is 2.05 bits per heavy atom. The van der Waals surface area contributed by atoms with E-state index in [4.69, 9.17) is 33.2 Å². The summed E-state index contributed by atoms with van der Waals surface area (Å²) in [5.74, 6) is -10.9. The SMILES string of the molecule is CC=C(C)C(=O)OC1C(C)(C)C(C(OC(C)=O)C(=O)OC)C2(C)C(=O)C1(O)C(OC(C)=O)C1=C3C(OC(C)=O)C(=O)OC(C4=CC(O)OC4=O)C3(C)CCC12. The fourth-order valence-electron chi connectivity index (χ4n) is 9.85. The molecule has 300 valence electrons. The highest BCUT2D eigenvalue weighted by Crippen LogP contribution is 2.69. The summed E-state index contributed by atoms with van der Waals surface area (Å²) in [6, 6.07) is 0. The number of allylic oxidation sites excluding steroid dienone is 1. The van der Waals surface area contributed by atoms with Crippen LogP contribution in [0.2, 0.25) is 0 Å². The van der Waals surface area contributed by atoms with Crippen molar-refractivity contribution in [2.75, 3.05) is 7.11 Å². The van der Waals surface area contributed by atoms with Gasteiger partial charge in [0, 0.05) is 48.5 Å². The number of methoxy groups -OCH3 is 1. The number of carbonyl (C=O) groups is 8. The molecule has 0 spiro atoms. The van der Waals surface area contributed by atoms with Crippen molar-refractivity contribution in [1.82, 2.24) is 0 Å². The molecule has 5 rings (SSSR count). The van der Waals surface area contributed by atoms with Crippen LogP contribution in [0.15, 0.2) is 34.4 Å². The molecule has 2 heterocycles. The Balaban J connectivity index is 1.96. The molecule has 11 atom stereocenters. The number of hydrogen-bond acceptors (Lipinski definition) is 17. The molecule has 3 aliphatic carbocycles. The second-order valence-electron chi connectivity index (χ2n) is 15.6. The maximum absolute atomic E-state index is 15.4. The van der Waals surface area contributed by atoms with E-state index in [-0.39, 0.29) is 35.1 Å². The lowest BCUT2D eigenvalue weighted by molar-refractivity contribution is -0.267. The van der Waals surface area contributed by atoms with Crippen LogP contribution in [0.5, 0.6) is 0 Å². The largest absolute Gasteiger partial charge is 0.466 e. The number of cyclic esters (lactones) is 2. The second kappa shape index (κ2) is 14.0. The van der Waals surface area contributed by atoms with Gasteiger partial charge in [0.2, 0.25) is 24.1 Å². The van der Waals surface area contributed by atoms with Gasteiger partial charge in [-0.05, 0) is 49.8 Å². The zero-order chi connectivity index (χ0) is 41.3. The second-order valence-corrected chi connectivity index (χ2v) is 15.6. The molecule has 2 saturated carbocycles. The average Bonchev–Trinajstić information content (AvgIpc) is 3.43. The zero-order valence-corrected chi connectivity index (χ0v) is 32.2.